The highest BCUT2D eigenvalue weighted by Crippen LogP contribution is 2.21. The van der Waals surface area contributed by atoms with E-state index in [1.165, 1.54) is 0 Å². The number of amides is 1. The maximum absolute atomic E-state index is 12.8. The number of fused-ring (bicyclic) bond motifs is 1. The molecule has 0 fully saturated rings. The molecular formula is C26H21N5O2. The van der Waals surface area contributed by atoms with Crippen LogP contribution in [0.2, 0.25) is 0 Å². The molecule has 0 aliphatic carbocycles. The van der Waals surface area contributed by atoms with E-state index in [1.54, 1.807) is 6.07 Å². The monoisotopic (exact) mass is 435 g/mol. The molecule has 7 nitrogen and oxygen atoms in total. The minimum atomic E-state index is -0.188. The van der Waals surface area contributed by atoms with Crippen LogP contribution in [0.3, 0.4) is 0 Å². The summed E-state index contributed by atoms with van der Waals surface area (Å²) in [6.45, 7) is 1.07. The van der Waals surface area contributed by atoms with E-state index in [2.05, 4.69) is 25.7 Å². The Hall–Kier alpha value is -4.36. The first-order chi connectivity index (χ1) is 16.2. The summed E-state index contributed by atoms with van der Waals surface area (Å²) in [5.41, 5.74) is 6.31. The smallest absolute Gasteiger partial charge is 0.255 e. The Labute approximate surface area is 190 Å². The number of aromatic nitrogens is 4. The first kappa shape index (κ1) is 20.5. The molecule has 0 aliphatic heterocycles. The summed E-state index contributed by atoms with van der Waals surface area (Å²) in [6, 6.07) is 28.8. The fourth-order valence-corrected chi connectivity index (χ4v) is 3.47. The summed E-state index contributed by atoms with van der Waals surface area (Å²) in [6.07, 6.45) is 0. The number of hydrogen-bond donors (Lipinski definition) is 2. The van der Waals surface area contributed by atoms with Crippen LogP contribution in [-0.2, 0) is 18.0 Å². The van der Waals surface area contributed by atoms with Crippen molar-refractivity contribution in [3.8, 4) is 11.3 Å². The van der Waals surface area contributed by atoms with Crippen LogP contribution in [0, 0.1) is 0 Å². The minimum absolute atomic E-state index is 0.188. The van der Waals surface area contributed by atoms with Crippen LogP contribution in [0.1, 0.15) is 21.5 Å². The molecule has 0 saturated heterocycles. The van der Waals surface area contributed by atoms with E-state index in [4.69, 9.17) is 4.74 Å². The molecule has 0 atom stereocenters. The van der Waals surface area contributed by atoms with Crippen LogP contribution in [0.4, 0.5) is 5.69 Å². The van der Waals surface area contributed by atoms with Crippen molar-refractivity contribution in [1.29, 1.82) is 0 Å². The standard InChI is InChI=1S/C26H21N5O2/c32-26(21-8-4-7-20(15-21)23-13-14-24-25(28-23)30-31-29-24)27-22-11-9-19(10-12-22)17-33-16-18-5-2-1-3-6-18/h1-15H,16-17H2,(H,27,32)(H,28,29,30,31). The second-order valence-electron chi connectivity index (χ2n) is 7.59. The van der Waals surface area contributed by atoms with Gasteiger partial charge in [0.15, 0.2) is 0 Å². The zero-order valence-electron chi connectivity index (χ0n) is 17.7. The predicted octanol–water partition coefficient (Wildman–Crippen LogP) is 4.99. The van der Waals surface area contributed by atoms with Gasteiger partial charge in [0.1, 0.15) is 5.52 Å². The lowest BCUT2D eigenvalue weighted by Gasteiger charge is -2.09. The Balaban J connectivity index is 1.21. The molecule has 1 amide bonds. The van der Waals surface area contributed by atoms with Crippen molar-refractivity contribution in [3.63, 3.8) is 0 Å². The van der Waals surface area contributed by atoms with E-state index in [0.29, 0.717) is 24.4 Å². The highest BCUT2D eigenvalue weighted by Gasteiger charge is 2.10. The van der Waals surface area contributed by atoms with E-state index < -0.39 is 0 Å². The van der Waals surface area contributed by atoms with E-state index in [0.717, 1.165) is 33.6 Å². The van der Waals surface area contributed by atoms with Crippen molar-refractivity contribution in [1.82, 2.24) is 20.4 Å². The number of carbonyl (C=O) groups is 1. The van der Waals surface area contributed by atoms with Crippen molar-refractivity contribution in [2.24, 2.45) is 0 Å². The zero-order valence-corrected chi connectivity index (χ0v) is 17.7. The summed E-state index contributed by atoms with van der Waals surface area (Å²) in [7, 11) is 0. The molecular weight excluding hydrogens is 414 g/mol. The number of aromatic amines is 1. The normalized spacial score (nSPS) is 10.9. The lowest BCUT2D eigenvalue weighted by atomic mass is 10.1. The summed E-state index contributed by atoms with van der Waals surface area (Å²) in [5.74, 6) is -0.188. The fourth-order valence-electron chi connectivity index (χ4n) is 3.47. The van der Waals surface area contributed by atoms with Gasteiger partial charge in [0.2, 0.25) is 5.65 Å². The number of anilines is 1. The number of hydrogen-bond acceptors (Lipinski definition) is 5. The third-order valence-electron chi connectivity index (χ3n) is 5.20. The second kappa shape index (κ2) is 9.42. The van der Waals surface area contributed by atoms with Crippen LogP contribution < -0.4 is 5.32 Å². The zero-order chi connectivity index (χ0) is 22.5. The van der Waals surface area contributed by atoms with Crippen LogP contribution in [0.15, 0.2) is 91.0 Å². The molecule has 2 heterocycles. The number of nitrogens with zero attached hydrogens (tertiary/aromatic N) is 3. The van der Waals surface area contributed by atoms with Crippen molar-refractivity contribution in [2.75, 3.05) is 5.32 Å². The molecule has 5 rings (SSSR count). The SMILES string of the molecule is O=C(Nc1ccc(COCc2ccccc2)cc1)c1cccc(-c2ccc3[nH]nnc3n2)c1. The topological polar surface area (TPSA) is 92.8 Å². The quantitative estimate of drug-likeness (QED) is 0.376. The molecule has 162 valence electrons. The summed E-state index contributed by atoms with van der Waals surface area (Å²) < 4.78 is 5.77. The van der Waals surface area contributed by atoms with Gasteiger partial charge in [-0.2, -0.15) is 0 Å². The molecule has 0 bridgehead atoms. The predicted molar refractivity (Wildman–Crippen MR) is 126 cm³/mol. The van der Waals surface area contributed by atoms with Gasteiger partial charge in [-0.3, -0.25) is 9.89 Å². The molecule has 5 aromatic rings. The molecule has 0 spiro atoms. The average Bonchev–Trinajstić information content (AvgIpc) is 3.34. The number of ether oxygens (including phenoxy) is 1. The molecule has 2 N–H and O–H groups in total. The first-order valence-electron chi connectivity index (χ1n) is 10.5. The largest absolute Gasteiger partial charge is 0.372 e. The Morgan fingerprint density at radius 1 is 0.848 bits per heavy atom. The molecule has 3 aromatic carbocycles. The van der Waals surface area contributed by atoms with E-state index >= 15 is 0 Å². The Morgan fingerprint density at radius 2 is 1.64 bits per heavy atom. The summed E-state index contributed by atoms with van der Waals surface area (Å²) >= 11 is 0. The lowest BCUT2D eigenvalue weighted by Crippen LogP contribution is -2.12. The average molecular weight is 435 g/mol. The number of rotatable bonds is 7. The minimum Gasteiger partial charge on any atom is -0.372 e. The van der Waals surface area contributed by atoms with Gasteiger partial charge in [-0.25, -0.2) is 4.98 Å². The van der Waals surface area contributed by atoms with E-state index in [9.17, 15) is 4.79 Å². The fraction of sp³-hybridized carbons (Fsp3) is 0.0769. The van der Waals surface area contributed by atoms with Gasteiger partial charge < -0.3 is 10.1 Å². The van der Waals surface area contributed by atoms with Crippen LogP contribution in [0.25, 0.3) is 22.4 Å². The van der Waals surface area contributed by atoms with Gasteiger partial charge in [-0.15, -0.1) is 5.10 Å². The summed E-state index contributed by atoms with van der Waals surface area (Å²) in [4.78, 5) is 17.3. The highest BCUT2D eigenvalue weighted by molar-refractivity contribution is 6.04. The number of pyridine rings is 1. The van der Waals surface area contributed by atoms with Gasteiger partial charge in [0.05, 0.1) is 18.9 Å². The van der Waals surface area contributed by atoms with Gasteiger partial charge in [0, 0.05) is 16.8 Å². The molecule has 33 heavy (non-hydrogen) atoms. The van der Waals surface area contributed by atoms with Crippen molar-refractivity contribution in [2.45, 2.75) is 13.2 Å². The van der Waals surface area contributed by atoms with E-state index in [1.807, 2.05) is 84.9 Å². The van der Waals surface area contributed by atoms with Crippen LogP contribution >= 0.6 is 0 Å². The van der Waals surface area contributed by atoms with E-state index in [-0.39, 0.29) is 5.91 Å². The Kier molecular flexibility index (Phi) is 5.86. The molecule has 0 radical (unpaired) electrons. The van der Waals surface area contributed by atoms with Crippen LogP contribution in [-0.4, -0.2) is 26.3 Å². The molecule has 2 aromatic heterocycles. The van der Waals surface area contributed by atoms with Gasteiger partial charge in [-0.05, 0) is 47.5 Å². The Morgan fingerprint density at radius 3 is 2.45 bits per heavy atom. The first-order valence-corrected chi connectivity index (χ1v) is 10.5. The summed E-state index contributed by atoms with van der Waals surface area (Å²) in [5, 5.41) is 13.4. The highest BCUT2D eigenvalue weighted by atomic mass is 16.5. The van der Waals surface area contributed by atoms with Gasteiger partial charge in [-0.1, -0.05) is 59.8 Å². The number of benzene rings is 3. The maximum atomic E-state index is 12.8. The van der Waals surface area contributed by atoms with Crippen molar-refractivity contribution in [3.05, 3.63) is 108 Å². The maximum Gasteiger partial charge on any atom is 0.255 e. The molecule has 0 unspecified atom stereocenters. The second-order valence-corrected chi connectivity index (χ2v) is 7.59. The van der Waals surface area contributed by atoms with Crippen molar-refractivity contribution < 1.29 is 9.53 Å². The van der Waals surface area contributed by atoms with Gasteiger partial charge in [0.25, 0.3) is 5.91 Å². The lowest BCUT2D eigenvalue weighted by molar-refractivity contribution is 0.102. The number of carbonyl (C=O) groups excluding carboxylic acids is 1. The molecule has 0 saturated carbocycles. The third-order valence-corrected chi connectivity index (χ3v) is 5.20. The van der Waals surface area contributed by atoms with Crippen LogP contribution in [0.5, 0.6) is 0 Å². The third kappa shape index (κ3) is 4.94. The Bertz CT molecular complexity index is 1380. The van der Waals surface area contributed by atoms with Gasteiger partial charge >= 0.3 is 0 Å². The molecule has 7 heteroatoms. The number of nitrogens with one attached hydrogen (secondary N) is 2. The molecule has 0 aliphatic rings. The number of H-pyrrole nitrogens is 1. The van der Waals surface area contributed by atoms with Crippen molar-refractivity contribution >= 4 is 22.8 Å².